The monoisotopic (exact) mass is 254 g/mol. The van der Waals surface area contributed by atoms with Crippen LogP contribution in [0.25, 0.3) is 0 Å². The molecule has 1 N–H and O–H groups in total. The summed E-state index contributed by atoms with van der Waals surface area (Å²) in [7, 11) is 2.11. The number of benzene rings is 1. The molecule has 100 valence electrons. The van der Waals surface area contributed by atoms with Gasteiger partial charge in [-0.05, 0) is 45.5 Å². The minimum atomic E-state index is -0.776. The number of likely N-dealkylation sites (tertiary alicyclic amines) is 1. The summed E-state index contributed by atoms with van der Waals surface area (Å²) in [6.45, 7) is 4.92. The van der Waals surface area contributed by atoms with E-state index in [1.165, 1.54) is 6.42 Å². The van der Waals surface area contributed by atoms with Crippen LogP contribution in [0.3, 0.4) is 0 Å². The molecule has 0 amide bonds. The fourth-order valence-electron chi connectivity index (χ4n) is 2.50. The molecule has 2 nitrogen and oxygen atoms in total. The highest BCUT2D eigenvalue weighted by atomic mass is 19.2. The Hall–Kier alpha value is -1.00. The second-order valence-corrected chi connectivity index (χ2v) is 5.19. The highest BCUT2D eigenvalue weighted by Crippen LogP contribution is 2.20. The van der Waals surface area contributed by atoms with E-state index >= 15 is 0 Å². The van der Waals surface area contributed by atoms with E-state index in [9.17, 15) is 8.78 Å². The van der Waals surface area contributed by atoms with E-state index in [-0.39, 0.29) is 6.04 Å². The van der Waals surface area contributed by atoms with Crippen molar-refractivity contribution in [1.29, 1.82) is 0 Å². The Bertz CT molecular complexity index is 409. The van der Waals surface area contributed by atoms with Crippen molar-refractivity contribution in [3.63, 3.8) is 0 Å². The summed E-state index contributed by atoms with van der Waals surface area (Å²) in [6, 6.07) is 4.18. The Kier molecular flexibility index (Phi) is 4.30. The van der Waals surface area contributed by atoms with Crippen molar-refractivity contribution < 1.29 is 8.78 Å². The minimum absolute atomic E-state index is 0.161. The Balaban J connectivity index is 1.91. The standard InChI is InChI=1S/C14H20F2N2/c1-10(12-4-3-5-13(15)14(12)16)17-8-11-6-7-18(2)9-11/h3-5,10-11,17H,6-9H2,1-2H3. The molecule has 0 bridgehead atoms. The van der Waals surface area contributed by atoms with Crippen molar-refractivity contribution in [2.24, 2.45) is 5.92 Å². The van der Waals surface area contributed by atoms with Crippen LogP contribution in [0.5, 0.6) is 0 Å². The molecule has 1 aliphatic rings. The fourth-order valence-corrected chi connectivity index (χ4v) is 2.50. The van der Waals surface area contributed by atoms with Gasteiger partial charge in [0, 0.05) is 18.2 Å². The third-order valence-corrected chi connectivity index (χ3v) is 3.65. The molecule has 2 unspecified atom stereocenters. The predicted octanol–water partition coefficient (Wildman–Crippen LogP) is 2.57. The summed E-state index contributed by atoms with van der Waals surface area (Å²) in [6.07, 6.45) is 1.17. The highest BCUT2D eigenvalue weighted by molar-refractivity contribution is 5.21. The van der Waals surface area contributed by atoms with Crippen molar-refractivity contribution in [3.05, 3.63) is 35.4 Å². The quantitative estimate of drug-likeness (QED) is 0.888. The maximum atomic E-state index is 13.6. The first kappa shape index (κ1) is 13.4. The van der Waals surface area contributed by atoms with Crippen LogP contribution in [0.15, 0.2) is 18.2 Å². The predicted molar refractivity (Wildman–Crippen MR) is 68.4 cm³/mol. The molecule has 18 heavy (non-hydrogen) atoms. The normalized spacial score (nSPS) is 22.3. The van der Waals surface area contributed by atoms with Crippen LogP contribution in [0.4, 0.5) is 8.78 Å². The molecular formula is C14H20F2N2. The number of rotatable bonds is 4. The maximum Gasteiger partial charge on any atom is 0.163 e. The summed E-state index contributed by atoms with van der Waals surface area (Å²) in [5.41, 5.74) is 0.404. The van der Waals surface area contributed by atoms with Crippen molar-refractivity contribution in [2.75, 3.05) is 26.7 Å². The molecule has 4 heteroatoms. The Morgan fingerprint density at radius 2 is 2.22 bits per heavy atom. The largest absolute Gasteiger partial charge is 0.310 e. The number of hydrogen-bond donors (Lipinski definition) is 1. The number of nitrogens with one attached hydrogen (secondary N) is 1. The van der Waals surface area contributed by atoms with Crippen LogP contribution >= 0.6 is 0 Å². The second kappa shape index (κ2) is 5.76. The Morgan fingerprint density at radius 1 is 1.44 bits per heavy atom. The van der Waals surface area contributed by atoms with Gasteiger partial charge in [-0.1, -0.05) is 12.1 Å². The van der Waals surface area contributed by atoms with E-state index < -0.39 is 11.6 Å². The van der Waals surface area contributed by atoms with Crippen LogP contribution in [-0.2, 0) is 0 Å². The molecule has 0 aromatic heterocycles. The van der Waals surface area contributed by atoms with Gasteiger partial charge < -0.3 is 10.2 Å². The van der Waals surface area contributed by atoms with Gasteiger partial charge in [-0.15, -0.1) is 0 Å². The SMILES string of the molecule is CC(NCC1CCN(C)C1)c1cccc(F)c1F. The van der Waals surface area contributed by atoms with Crippen LogP contribution in [0.1, 0.15) is 24.9 Å². The van der Waals surface area contributed by atoms with Crippen molar-refractivity contribution in [3.8, 4) is 0 Å². The first-order valence-electron chi connectivity index (χ1n) is 6.43. The molecule has 0 radical (unpaired) electrons. The fraction of sp³-hybridized carbons (Fsp3) is 0.571. The molecule has 0 saturated carbocycles. The van der Waals surface area contributed by atoms with Gasteiger partial charge in [0.15, 0.2) is 11.6 Å². The molecule has 2 rings (SSSR count). The molecule has 1 fully saturated rings. The van der Waals surface area contributed by atoms with Crippen molar-refractivity contribution in [1.82, 2.24) is 10.2 Å². The molecule has 2 atom stereocenters. The molecule has 1 heterocycles. The topological polar surface area (TPSA) is 15.3 Å². The molecule has 0 spiro atoms. The smallest absolute Gasteiger partial charge is 0.163 e. The zero-order valence-corrected chi connectivity index (χ0v) is 10.9. The van der Waals surface area contributed by atoms with E-state index in [1.54, 1.807) is 12.1 Å². The number of nitrogens with zero attached hydrogens (tertiary/aromatic N) is 1. The summed E-state index contributed by atoms with van der Waals surface area (Å²) in [5.74, 6) is -0.906. The lowest BCUT2D eigenvalue weighted by atomic mass is 10.1. The Morgan fingerprint density at radius 3 is 2.89 bits per heavy atom. The third-order valence-electron chi connectivity index (χ3n) is 3.65. The van der Waals surface area contributed by atoms with Crippen molar-refractivity contribution in [2.45, 2.75) is 19.4 Å². The number of halogens is 2. The van der Waals surface area contributed by atoms with Gasteiger partial charge >= 0.3 is 0 Å². The Labute approximate surface area is 107 Å². The van der Waals surface area contributed by atoms with Gasteiger partial charge in [-0.3, -0.25) is 0 Å². The molecular weight excluding hydrogens is 234 g/mol. The molecule has 1 aromatic rings. The zero-order chi connectivity index (χ0) is 13.1. The van der Waals surface area contributed by atoms with E-state index in [2.05, 4.69) is 17.3 Å². The molecule has 1 saturated heterocycles. The van der Waals surface area contributed by atoms with Crippen LogP contribution in [-0.4, -0.2) is 31.6 Å². The van der Waals surface area contributed by atoms with E-state index in [1.807, 2.05) is 6.92 Å². The van der Waals surface area contributed by atoms with Crippen LogP contribution in [0.2, 0.25) is 0 Å². The first-order chi connectivity index (χ1) is 8.58. The lowest BCUT2D eigenvalue weighted by Crippen LogP contribution is -2.28. The average molecular weight is 254 g/mol. The van der Waals surface area contributed by atoms with Crippen LogP contribution < -0.4 is 5.32 Å². The maximum absolute atomic E-state index is 13.6. The zero-order valence-electron chi connectivity index (χ0n) is 10.9. The van der Waals surface area contributed by atoms with E-state index in [4.69, 9.17) is 0 Å². The first-order valence-corrected chi connectivity index (χ1v) is 6.43. The molecule has 1 aromatic carbocycles. The molecule has 1 aliphatic heterocycles. The lowest BCUT2D eigenvalue weighted by Gasteiger charge is -2.18. The molecule has 0 aliphatic carbocycles. The van der Waals surface area contributed by atoms with Gasteiger partial charge in [0.2, 0.25) is 0 Å². The minimum Gasteiger partial charge on any atom is -0.310 e. The van der Waals surface area contributed by atoms with Gasteiger partial charge in [-0.2, -0.15) is 0 Å². The van der Waals surface area contributed by atoms with E-state index in [0.29, 0.717) is 11.5 Å². The lowest BCUT2D eigenvalue weighted by molar-refractivity contribution is 0.379. The van der Waals surface area contributed by atoms with Gasteiger partial charge in [0.1, 0.15) is 0 Å². The van der Waals surface area contributed by atoms with Crippen LogP contribution in [0, 0.1) is 17.6 Å². The third kappa shape index (κ3) is 3.06. The van der Waals surface area contributed by atoms with Crippen molar-refractivity contribution >= 4 is 0 Å². The van der Waals surface area contributed by atoms with Gasteiger partial charge in [0.25, 0.3) is 0 Å². The summed E-state index contributed by atoms with van der Waals surface area (Å²) < 4.78 is 26.7. The summed E-state index contributed by atoms with van der Waals surface area (Å²) in [4.78, 5) is 2.29. The summed E-state index contributed by atoms with van der Waals surface area (Å²) >= 11 is 0. The number of hydrogen-bond acceptors (Lipinski definition) is 2. The van der Waals surface area contributed by atoms with Gasteiger partial charge in [-0.25, -0.2) is 8.78 Å². The summed E-state index contributed by atoms with van der Waals surface area (Å²) in [5, 5.41) is 3.30. The van der Waals surface area contributed by atoms with Gasteiger partial charge in [0.05, 0.1) is 0 Å². The average Bonchev–Trinajstić information content (AvgIpc) is 2.76. The second-order valence-electron chi connectivity index (χ2n) is 5.19. The highest BCUT2D eigenvalue weighted by Gasteiger charge is 2.20. The van der Waals surface area contributed by atoms with E-state index in [0.717, 1.165) is 25.7 Å².